The molecule has 0 fully saturated rings. The average Bonchev–Trinajstić information content (AvgIpc) is 2.45. The number of aryl methyl sites for hydroxylation is 1. The first kappa shape index (κ1) is 15.8. The van der Waals surface area contributed by atoms with Gasteiger partial charge in [0.25, 0.3) is 5.91 Å². The predicted octanol–water partition coefficient (Wildman–Crippen LogP) is 4.53. The van der Waals surface area contributed by atoms with E-state index in [4.69, 9.17) is 23.2 Å². The number of carbonyl (C=O) groups is 1. The second kappa shape index (κ2) is 6.46. The molecule has 0 saturated carbocycles. The second-order valence-corrected chi connectivity index (χ2v) is 5.73. The maximum Gasteiger partial charge on any atom is 0.257 e. The van der Waals surface area contributed by atoms with E-state index in [1.54, 1.807) is 18.0 Å². The van der Waals surface area contributed by atoms with Crippen LogP contribution < -0.4 is 0 Å². The molecule has 110 valence electrons. The summed E-state index contributed by atoms with van der Waals surface area (Å²) >= 11 is 12.3. The Morgan fingerprint density at radius 3 is 2.52 bits per heavy atom. The van der Waals surface area contributed by atoms with Gasteiger partial charge < -0.3 is 4.90 Å². The molecular weight excluding hydrogens is 307 g/mol. The summed E-state index contributed by atoms with van der Waals surface area (Å²) in [5.74, 6) is -0.181. The Labute approximate surface area is 134 Å². The van der Waals surface area contributed by atoms with Crippen molar-refractivity contribution in [3.8, 4) is 0 Å². The number of aromatic nitrogens is 1. The third-order valence-electron chi connectivity index (χ3n) is 3.48. The molecule has 0 spiro atoms. The number of amides is 1. The number of hydrogen-bond acceptors (Lipinski definition) is 2. The van der Waals surface area contributed by atoms with Gasteiger partial charge in [-0.3, -0.25) is 9.78 Å². The van der Waals surface area contributed by atoms with Crippen LogP contribution in [-0.4, -0.2) is 22.8 Å². The van der Waals surface area contributed by atoms with E-state index >= 15 is 0 Å². The first-order valence-electron chi connectivity index (χ1n) is 6.55. The molecule has 5 heteroatoms. The van der Waals surface area contributed by atoms with Gasteiger partial charge in [-0.2, -0.15) is 0 Å². The lowest BCUT2D eigenvalue weighted by molar-refractivity contribution is 0.0742. The lowest BCUT2D eigenvalue weighted by Gasteiger charge is -2.26. The van der Waals surface area contributed by atoms with E-state index in [1.165, 1.54) is 6.20 Å². The van der Waals surface area contributed by atoms with Crippen molar-refractivity contribution in [2.45, 2.75) is 19.9 Å². The minimum absolute atomic E-state index is 0.163. The Morgan fingerprint density at radius 2 is 1.90 bits per heavy atom. The van der Waals surface area contributed by atoms with Crippen molar-refractivity contribution in [2.75, 3.05) is 7.05 Å². The van der Waals surface area contributed by atoms with E-state index < -0.39 is 0 Å². The normalized spacial score (nSPS) is 12.0. The quantitative estimate of drug-likeness (QED) is 0.831. The summed E-state index contributed by atoms with van der Waals surface area (Å²) in [6.07, 6.45) is 1.51. The molecule has 1 atom stereocenters. The van der Waals surface area contributed by atoms with Crippen LogP contribution >= 0.6 is 23.2 Å². The number of benzene rings is 1. The highest BCUT2D eigenvalue weighted by Crippen LogP contribution is 2.28. The van der Waals surface area contributed by atoms with E-state index in [1.807, 2.05) is 38.1 Å². The summed E-state index contributed by atoms with van der Waals surface area (Å²) in [6.45, 7) is 3.75. The summed E-state index contributed by atoms with van der Waals surface area (Å²) in [5, 5.41) is 1.04. The first-order chi connectivity index (χ1) is 9.91. The van der Waals surface area contributed by atoms with Gasteiger partial charge >= 0.3 is 0 Å². The molecule has 1 aromatic carbocycles. The molecule has 0 N–H and O–H groups in total. The van der Waals surface area contributed by atoms with Gasteiger partial charge in [-0.05, 0) is 31.5 Å². The molecule has 21 heavy (non-hydrogen) atoms. The van der Waals surface area contributed by atoms with Gasteiger partial charge in [-0.25, -0.2) is 0 Å². The lowest BCUT2D eigenvalue weighted by atomic mass is 10.1. The topological polar surface area (TPSA) is 33.2 Å². The Kier molecular flexibility index (Phi) is 4.86. The predicted molar refractivity (Wildman–Crippen MR) is 85.9 cm³/mol. The van der Waals surface area contributed by atoms with Crippen molar-refractivity contribution >= 4 is 29.1 Å². The fourth-order valence-corrected chi connectivity index (χ4v) is 2.65. The molecule has 0 aliphatic carbocycles. The molecule has 0 radical (unpaired) electrons. The third-order valence-corrected chi connectivity index (χ3v) is 4.13. The fraction of sp³-hybridized carbons (Fsp3) is 0.250. The van der Waals surface area contributed by atoms with Gasteiger partial charge in [0.05, 0.1) is 16.6 Å². The Morgan fingerprint density at radius 1 is 1.24 bits per heavy atom. The minimum atomic E-state index is -0.181. The number of rotatable bonds is 3. The number of hydrogen-bond donors (Lipinski definition) is 0. The summed E-state index contributed by atoms with van der Waals surface area (Å²) < 4.78 is 0. The highest BCUT2D eigenvalue weighted by molar-refractivity contribution is 6.33. The van der Waals surface area contributed by atoms with E-state index in [0.29, 0.717) is 15.6 Å². The Hall–Kier alpha value is -1.58. The maximum atomic E-state index is 12.6. The molecule has 1 heterocycles. The summed E-state index contributed by atoms with van der Waals surface area (Å²) in [6, 6.07) is 9.00. The molecule has 2 aromatic rings. The van der Waals surface area contributed by atoms with Gasteiger partial charge in [0.2, 0.25) is 0 Å². The highest BCUT2D eigenvalue weighted by atomic mass is 35.5. The molecule has 0 bridgehead atoms. The van der Waals surface area contributed by atoms with Gasteiger partial charge in [0.1, 0.15) is 0 Å². The number of nitrogens with zero attached hydrogens (tertiary/aromatic N) is 2. The molecule has 0 aliphatic rings. The lowest BCUT2D eigenvalue weighted by Crippen LogP contribution is -2.30. The standard InChI is InChI=1S/C16H16Cl2N2O/c1-10-8-15(18)13(9-19-10)16(21)20(3)11(2)12-6-4-5-7-14(12)17/h4-9,11H,1-3H3. The summed E-state index contributed by atoms with van der Waals surface area (Å²) in [4.78, 5) is 18.3. The molecule has 3 nitrogen and oxygen atoms in total. The van der Waals surface area contributed by atoms with Gasteiger partial charge in [0.15, 0.2) is 0 Å². The van der Waals surface area contributed by atoms with Gasteiger partial charge in [-0.1, -0.05) is 41.4 Å². The van der Waals surface area contributed by atoms with Crippen LogP contribution in [0.4, 0.5) is 0 Å². The summed E-state index contributed by atoms with van der Waals surface area (Å²) in [5.41, 5.74) is 2.06. The monoisotopic (exact) mass is 322 g/mol. The molecule has 1 amide bonds. The van der Waals surface area contributed by atoms with Crippen LogP contribution in [0.1, 0.15) is 34.6 Å². The fourth-order valence-electron chi connectivity index (χ4n) is 2.07. The molecule has 0 aliphatic heterocycles. The van der Waals surface area contributed by atoms with E-state index in [9.17, 15) is 4.79 Å². The van der Waals surface area contributed by atoms with Crippen LogP contribution in [0.5, 0.6) is 0 Å². The molecule has 0 saturated heterocycles. The molecule has 2 rings (SSSR count). The number of pyridine rings is 1. The van der Waals surface area contributed by atoms with Crippen LogP contribution in [0.3, 0.4) is 0 Å². The van der Waals surface area contributed by atoms with Crippen molar-refractivity contribution in [2.24, 2.45) is 0 Å². The van der Waals surface area contributed by atoms with Crippen molar-refractivity contribution in [1.29, 1.82) is 0 Å². The van der Waals surface area contributed by atoms with Crippen LogP contribution in [0, 0.1) is 6.92 Å². The van der Waals surface area contributed by atoms with Gasteiger partial charge in [-0.15, -0.1) is 0 Å². The van der Waals surface area contributed by atoms with Crippen molar-refractivity contribution in [3.63, 3.8) is 0 Å². The number of halogens is 2. The van der Waals surface area contributed by atoms with Crippen molar-refractivity contribution in [3.05, 3.63) is 63.4 Å². The number of carbonyl (C=O) groups excluding carboxylic acids is 1. The first-order valence-corrected chi connectivity index (χ1v) is 7.31. The Bertz CT molecular complexity index is 673. The zero-order chi connectivity index (χ0) is 15.6. The van der Waals surface area contributed by atoms with Gasteiger partial charge in [0, 0.05) is 24.0 Å². The molecular formula is C16H16Cl2N2O. The zero-order valence-electron chi connectivity index (χ0n) is 12.1. The molecule has 1 unspecified atom stereocenters. The zero-order valence-corrected chi connectivity index (χ0v) is 13.6. The third kappa shape index (κ3) is 3.36. The van der Waals surface area contributed by atoms with E-state index in [-0.39, 0.29) is 11.9 Å². The summed E-state index contributed by atoms with van der Waals surface area (Å²) in [7, 11) is 1.73. The smallest absolute Gasteiger partial charge is 0.257 e. The maximum absolute atomic E-state index is 12.6. The van der Waals surface area contributed by atoms with Crippen molar-refractivity contribution < 1.29 is 4.79 Å². The Balaban J connectivity index is 2.29. The van der Waals surface area contributed by atoms with Crippen LogP contribution in [0.15, 0.2) is 36.5 Å². The van der Waals surface area contributed by atoms with Crippen LogP contribution in [-0.2, 0) is 0 Å². The minimum Gasteiger partial charge on any atom is -0.335 e. The molecule has 1 aromatic heterocycles. The average molecular weight is 323 g/mol. The van der Waals surface area contributed by atoms with E-state index in [0.717, 1.165) is 11.3 Å². The SMILES string of the molecule is Cc1cc(Cl)c(C(=O)N(C)C(C)c2ccccc2Cl)cn1. The largest absolute Gasteiger partial charge is 0.335 e. The second-order valence-electron chi connectivity index (χ2n) is 4.92. The van der Waals surface area contributed by atoms with Crippen LogP contribution in [0.25, 0.3) is 0 Å². The van der Waals surface area contributed by atoms with Crippen molar-refractivity contribution in [1.82, 2.24) is 9.88 Å². The van der Waals surface area contributed by atoms with Crippen LogP contribution in [0.2, 0.25) is 10.0 Å². The van der Waals surface area contributed by atoms with E-state index in [2.05, 4.69) is 4.98 Å². The highest BCUT2D eigenvalue weighted by Gasteiger charge is 2.22.